The van der Waals surface area contributed by atoms with Crippen molar-refractivity contribution >= 4 is 60.3 Å². The maximum atomic E-state index is 12.1. The molecule has 0 bridgehead atoms. The average Bonchev–Trinajstić information content (AvgIpc) is 3.64. The van der Waals surface area contributed by atoms with Crippen molar-refractivity contribution in [2.45, 2.75) is 12.1 Å². The van der Waals surface area contributed by atoms with Gasteiger partial charge >= 0.3 is 0 Å². The zero-order valence-corrected chi connectivity index (χ0v) is 23.4. The number of thiocarbonyl (C=S) groups is 1. The minimum absolute atomic E-state index is 0.282. The third-order valence-corrected chi connectivity index (χ3v) is 8.37. The minimum atomic E-state index is -3.55. The molecule has 0 saturated carbocycles. The van der Waals surface area contributed by atoms with Gasteiger partial charge in [-0.2, -0.15) is 0 Å². The highest BCUT2D eigenvalue weighted by atomic mass is 32.2. The fourth-order valence-corrected chi connectivity index (χ4v) is 6.71. The molecule has 4 heterocycles. The van der Waals surface area contributed by atoms with Crippen LogP contribution in [0.15, 0.2) is 85.2 Å². The molecular formula is C27H24N6O3S3. The molecule has 0 radical (unpaired) electrons. The summed E-state index contributed by atoms with van der Waals surface area (Å²) in [6.07, 6.45) is 4.85. The number of hydrogen-bond acceptors (Lipinski definition) is 7. The number of ether oxygens (including phenoxy) is 1. The number of para-hydroxylation sites is 1. The molecule has 5 aromatic rings. The fourth-order valence-electron chi connectivity index (χ4n) is 4.83. The van der Waals surface area contributed by atoms with Gasteiger partial charge in [0.2, 0.25) is 10.0 Å². The predicted octanol–water partition coefficient (Wildman–Crippen LogP) is 5.04. The van der Waals surface area contributed by atoms with E-state index in [1.165, 1.54) is 7.11 Å². The summed E-state index contributed by atoms with van der Waals surface area (Å²) >= 11 is 7.48. The molecule has 9 nitrogen and oxygen atoms in total. The number of sulfonamides is 1. The van der Waals surface area contributed by atoms with Gasteiger partial charge in [0.05, 0.1) is 46.7 Å². The summed E-state index contributed by atoms with van der Waals surface area (Å²) in [5.41, 5.74) is 3.72. The fraction of sp³-hybridized carbons (Fsp3) is 0.148. The zero-order valence-electron chi connectivity index (χ0n) is 21.0. The number of pyridine rings is 1. The number of fused-ring (bicyclic) bond motifs is 1. The van der Waals surface area contributed by atoms with Crippen molar-refractivity contribution in [3.05, 3.63) is 96.6 Å². The van der Waals surface area contributed by atoms with Crippen LogP contribution in [-0.2, 0) is 10.0 Å². The Morgan fingerprint density at radius 2 is 1.90 bits per heavy atom. The number of nitrogens with zero attached hydrogens (tertiary/aromatic N) is 4. The first-order valence-electron chi connectivity index (χ1n) is 12.0. The Morgan fingerprint density at radius 3 is 2.64 bits per heavy atom. The van der Waals surface area contributed by atoms with Crippen LogP contribution in [0.4, 0.5) is 11.4 Å². The van der Waals surface area contributed by atoms with Gasteiger partial charge in [-0.1, -0.05) is 29.5 Å². The molecule has 0 spiro atoms. The Morgan fingerprint density at radius 1 is 1.08 bits per heavy atom. The maximum Gasteiger partial charge on any atom is 0.229 e. The molecule has 1 aliphatic rings. The van der Waals surface area contributed by atoms with Crippen molar-refractivity contribution in [1.29, 1.82) is 0 Å². The van der Waals surface area contributed by atoms with Crippen molar-refractivity contribution in [3.63, 3.8) is 0 Å². The first-order chi connectivity index (χ1) is 18.8. The average molecular weight is 577 g/mol. The Balaban J connectivity index is 1.51. The summed E-state index contributed by atoms with van der Waals surface area (Å²) in [4.78, 5) is 11.5. The van der Waals surface area contributed by atoms with Crippen LogP contribution in [0.3, 0.4) is 0 Å². The van der Waals surface area contributed by atoms with Gasteiger partial charge in [0.25, 0.3) is 0 Å². The topological polar surface area (TPSA) is 101 Å². The second kappa shape index (κ2) is 9.95. The number of nitrogens with one attached hydrogen (secondary N) is 2. The summed E-state index contributed by atoms with van der Waals surface area (Å²) in [5.74, 6) is 0.401. The van der Waals surface area contributed by atoms with E-state index in [2.05, 4.69) is 31.7 Å². The molecular weight excluding hydrogens is 553 g/mol. The second-order valence-corrected chi connectivity index (χ2v) is 12.2. The number of benzene rings is 2. The van der Waals surface area contributed by atoms with E-state index in [1.54, 1.807) is 29.7 Å². The molecule has 6 rings (SSSR count). The predicted molar refractivity (Wildman–Crippen MR) is 158 cm³/mol. The van der Waals surface area contributed by atoms with Crippen molar-refractivity contribution in [2.24, 2.45) is 0 Å². The number of anilines is 2. The van der Waals surface area contributed by atoms with Crippen molar-refractivity contribution in [2.75, 3.05) is 23.0 Å². The van der Waals surface area contributed by atoms with E-state index in [0.29, 0.717) is 22.2 Å². The van der Waals surface area contributed by atoms with Crippen molar-refractivity contribution < 1.29 is 13.2 Å². The number of hydrogen-bond donors (Lipinski definition) is 2. The molecule has 0 amide bonds. The van der Waals surface area contributed by atoms with E-state index in [9.17, 15) is 8.42 Å². The van der Waals surface area contributed by atoms with Crippen molar-refractivity contribution in [1.82, 2.24) is 19.9 Å². The molecule has 1 aliphatic heterocycles. The lowest BCUT2D eigenvalue weighted by Gasteiger charge is -2.29. The second-order valence-electron chi connectivity index (χ2n) is 9.02. The molecule has 3 aromatic heterocycles. The molecule has 1 fully saturated rings. The summed E-state index contributed by atoms with van der Waals surface area (Å²) in [7, 11) is -2.05. The SMILES string of the molecule is COc1ccc(N2C(=S)N[C@@H](c3ccccn3)[C@H]2c2cccn2-c2nc3ccccc3s2)cc1NS(C)(=O)=O. The maximum absolute atomic E-state index is 12.1. The monoisotopic (exact) mass is 576 g/mol. The van der Waals surface area contributed by atoms with Crippen molar-refractivity contribution in [3.8, 4) is 10.9 Å². The smallest absolute Gasteiger partial charge is 0.229 e. The molecule has 1 saturated heterocycles. The van der Waals surface area contributed by atoms with Crippen LogP contribution in [0, 0.1) is 0 Å². The molecule has 0 aliphatic carbocycles. The highest BCUT2D eigenvalue weighted by Gasteiger charge is 2.42. The van der Waals surface area contributed by atoms with E-state index < -0.39 is 10.0 Å². The molecule has 2 N–H and O–H groups in total. The molecule has 0 unspecified atom stereocenters. The van der Waals surface area contributed by atoms with E-state index in [-0.39, 0.29) is 12.1 Å². The van der Waals surface area contributed by atoms with Crippen LogP contribution in [0.1, 0.15) is 23.5 Å². The third kappa shape index (κ3) is 4.82. The Kier molecular flexibility index (Phi) is 6.45. The van der Waals surface area contributed by atoms with Crippen LogP contribution in [-0.4, -0.2) is 41.4 Å². The van der Waals surface area contributed by atoms with Crippen LogP contribution in [0.5, 0.6) is 5.75 Å². The molecule has 2 atom stereocenters. The zero-order chi connectivity index (χ0) is 27.1. The van der Waals surface area contributed by atoms with E-state index in [4.69, 9.17) is 21.9 Å². The largest absolute Gasteiger partial charge is 0.495 e. The van der Waals surface area contributed by atoms with Gasteiger partial charge in [-0.05, 0) is 66.8 Å². The van der Waals surface area contributed by atoms with Crippen LogP contribution >= 0.6 is 23.6 Å². The van der Waals surface area contributed by atoms with Gasteiger partial charge in [0.1, 0.15) is 11.8 Å². The first-order valence-corrected chi connectivity index (χ1v) is 15.1. The molecule has 198 valence electrons. The number of aromatic nitrogens is 3. The summed E-state index contributed by atoms with van der Waals surface area (Å²) in [6.45, 7) is 0. The minimum Gasteiger partial charge on any atom is -0.495 e. The normalized spacial score (nSPS) is 17.4. The van der Waals surface area contributed by atoms with Gasteiger partial charge in [-0.25, -0.2) is 13.4 Å². The molecule has 2 aromatic carbocycles. The van der Waals surface area contributed by atoms with Crippen LogP contribution < -0.4 is 19.7 Å². The lowest BCUT2D eigenvalue weighted by atomic mass is 10.0. The van der Waals surface area contributed by atoms with Crippen LogP contribution in [0.25, 0.3) is 15.3 Å². The Bertz CT molecular complexity index is 1750. The Hall–Kier alpha value is -4.00. The number of methoxy groups -OCH3 is 1. The van der Waals surface area contributed by atoms with Gasteiger partial charge in [-0.3, -0.25) is 14.3 Å². The number of rotatable bonds is 7. The third-order valence-electron chi connectivity index (χ3n) is 6.43. The van der Waals surface area contributed by atoms with Gasteiger partial charge < -0.3 is 15.0 Å². The Labute approximate surface area is 235 Å². The molecule has 12 heteroatoms. The standard InChI is InChI=1S/C27H24N6O3S3/c1-36-22-13-12-17(16-20(22)31-39(2,34)35)33-25(24(30-26(33)37)19-9-5-6-14-28-19)21-10-7-15-32(21)27-29-18-8-3-4-11-23(18)38-27/h3-16,24-25,31H,1-2H3,(H,30,37)/t24-,25+/m0/s1. The highest BCUT2D eigenvalue weighted by Crippen LogP contribution is 2.44. The van der Waals surface area contributed by atoms with Gasteiger partial charge in [0, 0.05) is 18.1 Å². The quantitative estimate of drug-likeness (QED) is 0.260. The lowest BCUT2D eigenvalue weighted by molar-refractivity contribution is 0.417. The lowest BCUT2D eigenvalue weighted by Crippen LogP contribution is -2.30. The van der Waals surface area contributed by atoms with E-state index in [1.807, 2.05) is 59.6 Å². The van der Waals surface area contributed by atoms with Crippen LogP contribution in [0.2, 0.25) is 0 Å². The highest BCUT2D eigenvalue weighted by molar-refractivity contribution is 7.92. The molecule has 39 heavy (non-hydrogen) atoms. The summed E-state index contributed by atoms with van der Waals surface area (Å²) in [5, 5.41) is 4.78. The first kappa shape index (κ1) is 25.3. The van der Waals surface area contributed by atoms with Gasteiger partial charge in [0.15, 0.2) is 10.2 Å². The van der Waals surface area contributed by atoms with E-state index in [0.717, 1.165) is 33.0 Å². The van der Waals surface area contributed by atoms with Gasteiger partial charge in [-0.15, -0.1) is 0 Å². The summed E-state index contributed by atoms with van der Waals surface area (Å²) < 4.78 is 35.3. The number of thiazole rings is 1. The van der Waals surface area contributed by atoms with E-state index >= 15 is 0 Å². The summed E-state index contributed by atoms with van der Waals surface area (Å²) in [6, 6.07) is 22.6.